The van der Waals surface area contributed by atoms with Gasteiger partial charge in [-0.25, -0.2) is 0 Å². The quantitative estimate of drug-likeness (QED) is 0.127. The van der Waals surface area contributed by atoms with E-state index in [1.54, 1.807) is 0 Å². The molecule has 11 N–H and O–H groups in total. The van der Waals surface area contributed by atoms with Gasteiger partial charge in [-0.3, -0.25) is 5.32 Å². The van der Waals surface area contributed by atoms with E-state index in [2.05, 4.69) is 39.1 Å². The van der Waals surface area contributed by atoms with E-state index in [-0.39, 0.29) is 40.4 Å². The van der Waals surface area contributed by atoms with Crippen LogP contribution in [-0.2, 0) is 33.2 Å². The van der Waals surface area contributed by atoms with Crippen LogP contribution in [0.1, 0.15) is 86.0 Å². The van der Waals surface area contributed by atoms with Gasteiger partial charge in [0.2, 0.25) is 0 Å². The average molecular weight is 900 g/mol. The topological polar surface area (TPSA) is 279 Å². The Morgan fingerprint density at radius 3 is 2.03 bits per heavy atom. The van der Waals surface area contributed by atoms with Crippen molar-refractivity contribution in [3.05, 3.63) is 11.6 Å². The van der Waals surface area contributed by atoms with Crippen LogP contribution in [0.4, 0.5) is 0 Å². The Morgan fingerprint density at radius 2 is 1.35 bits per heavy atom. The largest absolute Gasteiger partial charge is 0.394 e. The summed E-state index contributed by atoms with van der Waals surface area (Å²) < 4.78 is 43.7. The zero-order chi connectivity index (χ0) is 45.1. The fourth-order valence-electron chi connectivity index (χ4n) is 14.1. The van der Waals surface area contributed by atoms with Gasteiger partial charge in [-0.2, -0.15) is 0 Å². The summed E-state index contributed by atoms with van der Waals surface area (Å²) in [6.07, 6.45) is -15.5. The lowest BCUT2D eigenvalue weighted by atomic mass is 9.46. The summed E-state index contributed by atoms with van der Waals surface area (Å²) in [4.78, 5) is 0. The maximum absolute atomic E-state index is 12.3. The molecule has 3 saturated carbocycles. The number of aliphatic hydroxyl groups is 10. The van der Waals surface area contributed by atoms with E-state index in [0.29, 0.717) is 37.0 Å². The Hall–Kier alpha value is -0.980. The molecule has 27 atom stereocenters. The first-order chi connectivity index (χ1) is 29.9. The van der Waals surface area contributed by atoms with Gasteiger partial charge < -0.3 is 84.2 Å². The molecule has 18 nitrogen and oxygen atoms in total. The minimum Gasteiger partial charge on any atom is -0.394 e. The van der Waals surface area contributed by atoms with Crippen molar-refractivity contribution in [1.82, 2.24) is 5.32 Å². The van der Waals surface area contributed by atoms with Gasteiger partial charge in [0, 0.05) is 17.9 Å². The molecule has 360 valence electrons. The average Bonchev–Trinajstić information content (AvgIpc) is 3.71. The zero-order valence-corrected chi connectivity index (χ0v) is 37.0. The smallest absolute Gasteiger partial charge is 0.187 e. The maximum Gasteiger partial charge on any atom is 0.187 e. The molecular weight excluding hydrogens is 826 g/mol. The molecule has 18 heteroatoms. The molecule has 5 aliphatic heterocycles. The van der Waals surface area contributed by atoms with Gasteiger partial charge in [0.25, 0.3) is 0 Å². The van der Waals surface area contributed by atoms with Gasteiger partial charge in [-0.1, -0.05) is 39.3 Å². The van der Waals surface area contributed by atoms with Crippen LogP contribution in [0.5, 0.6) is 0 Å². The number of hydrogen-bond donors (Lipinski definition) is 11. The van der Waals surface area contributed by atoms with Crippen LogP contribution >= 0.6 is 0 Å². The van der Waals surface area contributed by atoms with Crippen LogP contribution in [0.25, 0.3) is 0 Å². The first-order valence-electron chi connectivity index (χ1n) is 23.6. The molecule has 9 aliphatic rings. The van der Waals surface area contributed by atoms with Crippen molar-refractivity contribution in [2.75, 3.05) is 19.8 Å². The number of allylic oxidation sites excluding steroid dienone is 1. The van der Waals surface area contributed by atoms with Crippen molar-refractivity contribution in [2.45, 2.75) is 202 Å². The normalized spacial score (nSPS) is 58.1. The summed E-state index contributed by atoms with van der Waals surface area (Å²) >= 11 is 0. The van der Waals surface area contributed by atoms with Crippen LogP contribution in [0.2, 0.25) is 0 Å². The van der Waals surface area contributed by atoms with E-state index in [9.17, 15) is 51.1 Å². The molecule has 0 aromatic heterocycles. The minimum atomic E-state index is -1.86. The highest BCUT2D eigenvalue weighted by atomic mass is 16.8. The highest BCUT2D eigenvalue weighted by molar-refractivity contribution is 5.27. The Bertz CT molecular complexity index is 1650. The van der Waals surface area contributed by atoms with Crippen LogP contribution in [0.15, 0.2) is 11.6 Å². The molecular formula is C45H73NO17. The lowest BCUT2D eigenvalue weighted by molar-refractivity contribution is -0.394. The van der Waals surface area contributed by atoms with Gasteiger partial charge >= 0.3 is 0 Å². The summed E-state index contributed by atoms with van der Waals surface area (Å²) in [5.41, 5.74) is 0.413. The third-order valence-corrected chi connectivity index (χ3v) is 18.0. The second-order valence-corrected chi connectivity index (χ2v) is 21.3. The molecule has 5 saturated heterocycles. The monoisotopic (exact) mass is 899 g/mol. The molecule has 4 aliphatic carbocycles. The fourth-order valence-corrected chi connectivity index (χ4v) is 14.1. The van der Waals surface area contributed by atoms with Gasteiger partial charge in [0.05, 0.1) is 37.6 Å². The van der Waals surface area contributed by atoms with Crippen molar-refractivity contribution >= 4 is 0 Å². The Morgan fingerprint density at radius 1 is 0.698 bits per heavy atom. The summed E-state index contributed by atoms with van der Waals surface area (Å²) in [5.74, 6) is 2.09. The van der Waals surface area contributed by atoms with Crippen molar-refractivity contribution in [1.29, 1.82) is 0 Å². The van der Waals surface area contributed by atoms with Gasteiger partial charge in [-0.15, -0.1) is 0 Å². The van der Waals surface area contributed by atoms with E-state index in [4.69, 9.17) is 33.2 Å². The number of piperidine rings is 1. The number of hydrogen-bond acceptors (Lipinski definition) is 18. The lowest BCUT2D eigenvalue weighted by Gasteiger charge is -2.60. The zero-order valence-electron chi connectivity index (χ0n) is 37.0. The standard InChI is InChI=1S/C45H73NO17/c1-18-8-11-45(46-15-18)19(2)30-26(63-45)13-25-23-7-6-21-12-22(9-10-43(21,4)24(23)14-29(49)44(25,30)5)58-42-39(62-40-36(55)34(53)31(50)20(3)57-40)38(33(52)28(17-48)60-42)61-41-37(56)35(54)32(51)27(16-47)59-41/h6,18-20,22-42,46-56H,7-17H2,1-5H3/t18-,19+,20+,22+,23-,24+,25+,26+,27-,28-,29+,30+,31+,32-,33+,34-,35+,36-,37-,38+,39-,40+,41+,42-,43+,44-,45-/m1/s1. The summed E-state index contributed by atoms with van der Waals surface area (Å²) in [6.45, 7) is 10.2. The first-order valence-corrected chi connectivity index (χ1v) is 23.6. The molecule has 0 radical (unpaired) electrons. The van der Waals surface area contributed by atoms with Gasteiger partial charge in [-0.05, 0) is 93.3 Å². The number of aliphatic hydroxyl groups excluding tert-OH is 10. The lowest BCUT2D eigenvalue weighted by Crippen LogP contribution is -2.67. The van der Waals surface area contributed by atoms with Gasteiger partial charge in [0.15, 0.2) is 18.9 Å². The van der Waals surface area contributed by atoms with E-state index in [1.165, 1.54) is 12.5 Å². The summed E-state index contributed by atoms with van der Waals surface area (Å²) in [7, 11) is 0. The molecule has 8 fully saturated rings. The second kappa shape index (κ2) is 17.5. The number of ether oxygens (including phenoxy) is 7. The molecule has 0 bridgehead atoms. The van der Waals surface area contributed by atoms with Crippen molar-refractivity contribution in [3.8, 4) is 0 Å². The summed E-state index contributed by atoms with van der Waals surface area (Å²) in [6, 6.07) is 0. The molecule has 0 unspecified atom stereocenters. The van der Waals surface area contributed by atoms with Gasteiger partial charge in [0.1, 0.15) is 72.9 Å². The summed E-state index contributed by atoms with van der Waals surface area (Å²) in [5, 5.41) is 112. The second-order valence-electron chi connectivity index (χ2n) is 21.3. The predicted molar refractivity (Wildman–Crippen MR) is 218 cm³/mol. The molecule has 0 amide bonds. The van der Waals surface area contributed by atoms with Crippen LogP contribution in [-0.4, -0.2) is 187 Å². The number of fused-ring (bicyclic) bond motifs is 7. The predicted octanol–water partition coefficient (Wildman–Crippen LogP) is -1.24. The van der Waals surface area contributed by atoms with E-state index < -0.39 is 118 Å². The molecule has 5 heterocycles. The molecule has 0 aromatic rings. The number of rotatable bonds is 8. The number of nitrogens with one attached hydrogen (secondary N) is 1. The molecule has 63 heavy (non-hydrogen) atoms. The van der Waals surface area contributed by atoms with Crippen molar-refractivity contribution in [3.63, 3.8) is 0 Å². The SMILES string of the molecule is C[C@@H]1CC[C@@]2(NC1)O[C@H]1C[C@H]3[C@@H]4CC=C5C[C@@H](O[C@@H]6O[C@H](CO)[C@H](O)[C@H](O[C@@H]7O[C@H](CO)[C@@H](O)[C@H](O)[C@H]7O)[C@H]6O[C@@H]6O[C@@H](C)[C@H](O)[C@@H](O)[C@H]6O)CC[C@]5(C)[C@H]4C[C@H](O)[C@]3(C)[C@H]1[C@@H]2C. The van der Waals surface area contributed by atoms with E-state index in [1.807, 2.05) is 0 Å². The highest BCUT2D eigenvalue weighted by Crippen LogP contribution is 2.70. The Kier molecular flexibility index (Phi) is 13.1. The third kappa shape index (κ3) is 7.62. The van der Waals surface area contributed by atoms with Crippen molar-refractivity contribution in [2.24, 2.45) is 46.3 Å². The Labute approximate surface area is 368 Å². The third-order valence-electron chi connectivity index (χ3n) is 18.0. The maximum atomic E-state index is 12.3. The molecule has 1 spiro atoms. The fraction of sp³-hybridized carbons (Fsp3) is 0.956. The minimum absolute atomic E-state index is 0.101. The van der Waals surface area contributed by atoms with E-state index in [0.717, 1.165) is 38.6 Å². The van der Waals surface area contributed by atoms with E-state index >= 15 is 0 Å². The van der Waals surface area contributed by atoms with Crippen LogP contribution in [0.3, 0.4) is 0 Å². The first kappa shape index (κ1) is 47.1. The van der Waals surface area contributed by atoms with Crippen LogP contribution < -0.4 is 5.32 Å². The molecule has 0 aromatic carbocycles. The van der Waals surface area contributed by atoms with Crippen LogP contribution in [0, 0.1) is 46.3 Å². The van der Waals surface area contributed by atoms with Crippen molar-refractivity contribution < 1.29 is 84.2 Å². The Balaban J connectivity index is 0.951. The highest BCUT2D eigenvalue weighted by Gasteiger charge is 2.71. The molecule has 9 rings (SSSR count).